The Labute approximate surface area is 208 Å². The molecule has 0 spiro atoms. The van der Waals surface area contributed by atoms with Gasteiger partial charge in [-0.15, -0.1) is 11.3 Å². The number of fused-ring (bicyclic) bond motifs is 1. The van der Waals surface area contributed by atoms with Crippen molar-refractivity contribution in [3.63, 3.8) is 0 Å². The molecule has 3 aromatic rings. The number of nitrogens with two attached hydrogens (primary N) is 1. The summed E-state index contributed by atoms with van der Waals surface area (Å²) in [5.74, 6) is 0.711. The minimum Gasteiger partial charge on any atom is -0.336 e. The number of hydrogen-bond donors (Lipinski definition) is 1. The highest BCUT2D eigenvalue weighted by Crippen LogP contribution is 2.39. The number of carbonyl (C=O) groups is 2. The van der Waals surface area contributed by atoms with Gasteiger partial charge in [-0.2, -0.15) is 0 Å². The van der Waals surface area contributed by atoms with Crippen LogP contribution in [0.1, 0.15) is 42.1 Å². The van der Waals surface area contributed by atoms with Crippen LogP contribution >= 0.6 is 34.9 Å². The lowest BCUT2D eigenvalue weighted by Crippen LogP contribution is -2.69. The normalized spacial score (nSPS) is 17.7. The van der Waals surface area contributed by atoms with Gasteiger partial charge in [0.1, 0.15) is 5.54 Å². The fraction of sp³-hybridized carbons (Fsp3) is 0.360. The van der Waals surface area contributed by atoms with Gasteiger partial charge in [0.25, 0.3) is 5.91 Å². The van der Waals surface area contributed by atoms with Gasteiger partial charge in [-0.05, 0) is 43.0 Å². The van der Waals surface area contributed by atoms with Crippen molar-refractivity contribution in [3.8, 4) is 0 Å². The number of benzene rings is 2. The monoisotopic (exact) mass is 501 g/mol. The topological polar surface area (TPSA) is 66.6 Å². The molecule has 1 saturated heterocycles. The van der Waals surface area contributed by atoms with E-state index < -0.39 is 5.54 Å². The minimum absolute atomic E-state index is 0.00568. The lowest BCUT2D eigenvalue weighted by Gasteiger charge is -2.52. The van der Waals surface area contributed by atoms with E-state index in [1.165, 1.54) is 11.9 Å². The number of likely N-dealkylation sites (tertiary alicyclic amines) is 1. The van der Waals surface area contributed by atoms with Gasteiger partial charge in [-0.25, -0.2) is 0 Å². The maximum atomic E-state index is 14.0. The van der Waals surface area contributed by atoms with Crippen molar-refractivity contribution in [1.82, 2.24) is 9.80 Å². The second-order valence-corrected chi connectivity index (χ2v) is 10.4. The lowest BCUT2D eigenvalue weighted by molar-refractivity contribution is -0.151. The van der Waals surface area contributed by atoms with Crippen LogP contribution in [0.5, 0.6) is 0 Å². The molecule has 1 unspecified atom stereocenters. The summed E-state index contributed by atoms with van der Waals surface area (Å²) in [6, 6.07) is 15.5. The molecule has 1 atom stereocenters. The molecule has 174 valence electrons. The van der Waals surface area contributed by atoms with Crippen molar-refractivity contribution < 1.29 is 9.59 Å². The Kier molecular flexibility index (Phi) is 7.64. The third-order valence-electron chi connectivity index (χ3n) is 6.45. The van der Waals surface area contributed by atoms with E-state index >= 15 is 0 Å². The molecule has 2 N–H and O–H groups in total. The smallest absolute Gasteiger partial charge is 0.256 e. The molecule has 0 bridgehead atoms. The van der Waals surface area contributed by atoms with Gasteiger partial charge in [0.2, 0.25) is 5.91 Å². The molecular weight excluding hydrogens is 474 g/mol. The maximum absolute atomic E-state index is 14.0. The van der Waals surface area contributed by atoms with Crippen LogP contribution in [0.3, 0.4) is 0 Å². The molecule has 33 heavy (non-hydrogen) atoms. The Morgan fingerprint density at radius 3 is 2.76 bits per heavy atom. The number of rotatable bonds is 9. The van der Waals surface area contributed by atoms with Gasteiger partial charge in [0.05, 0.1) is 5.56 Å². The quantitative estimate of drug-likeness (QED) is 0.307. The standard InChI is InChI=1S/C25H28ClN3O2S2/c1-2-25(11-13-29(25)23(30)21-17-32-22-10-4-3-9-20(21)22)24(31)28(12-6-14-33-27)16-18-7-5-8-19(26)15-18/h3-5,7-10,15,17H,2,6,11-14,16,27H2,1H3. The van der Waals surface area contributed by atoms with Crippen LogP contribution in [-0.2, 0) is 11.3 Å². The first-order valence-corrected chi connectivity index (χ1v) is 13.4. The predicted octanol–water partition coefficient (Wildman–Crippen LogP) is 5.58. The first-order chi connectivity index (χ1) is 16.0. The van der Waals surface area contributed by atoms with Crippen LogP contribution in [0.4, 0.5) is 0 Å². The van der Waals surface area contributed by atoms with Crippen molar-refractivity contribution >= 4 is 56.8 Å². The van der Waals surface area contributed by atoms with Crippen molar-refractivity contribution in [2.45, 2.75) is 38.3 Å². The summed E-state index contributed by atoms with van der Waals surface area (Å²) >= 11 is 9.03. The van der Waals surface area contributed by atoms with E-state index in [9.17, 15) is 9.59 Å². The highest BCUT2D eigenvalue weighted by molar-refractivity contribution is 7.97. The first kappa shape index (κ1) is 24.1. The molecule has 2 amide bonds. The van der Waals surface area contributed by atoms with E-state index in [-0.39, 0.29) is 11.8 Å². The molecule has 2 aromatic carbocycles. The summed E-state index contributed by atoms with van der Waals surface area (Å²) in [5.41, 5.74) is 0.847. The van der Waals surface area contributed by atoms with Crippen LogP contribution in [0.15, 0.2) is 53.9 Å². The molecule has 5 nitrogen and oxygen atoms in total. The molecule has 0 aliphatic carbocycles. The number of hydrogen-bond acceptors (Lipinski definition) is 5. The summed E-state index contributed by atoms with van der Waals surface area (Å²) in [5, 5.41) is 9.13. The third-order valence-corrected chi connectivity index (χ3v) is 8.17. The minimum atomic E-state index is -0.811. The second kappa shape index (κ2) is 10.5. The van der Waals surface area contributed by atoms with Crippen LogP contribution in [0.2, 0.25) is 5.02 Å². The molecule has 8 heteroatoms. The van der Waals surface area contributed by atoms with Gasteiger partial charge in [0, 0.05) is 45.9 Å². The van der Waals surface area contributed by atoms with Gasteiger partial charge >= 0.3 is 0 Å². The molecule has 2 heterocycles. The van der Waals surface area contributed by atoms with Crippen molar-refractivity contribution in [2.75, 3.05) is 18.8 Å². The van der Waals surface area contributed by atoms with E-state index in [2.05, 4.69) is 0 Å². The lowest BCUT2D eigenvalue weighted by atomic mass is 9.79. The largest absolute Gasteiger partial charge is 0.336 e. The van der Waals surface area contributed by atoms with Gasteiger partial charge in [-0.1, -0.05) is 60.8 Å². The summed E-state index contributed by atoms with van der Waals surface area (Å²) in [6.45, 7) is 3.63. The molecule has 1 aromatic heterocycles. The highest BCUT2D eigenvalue weighted by Gasteiger charge is 2.53. The van der Waals surface area contributed by atoms with Crippen LogP contribution in [-0.4, -0.2) is 46.0 Å². The fourth-order valence-electron chi connectivity index (χ4n) is 4.56. The van der Waals surface area contributed by atoms with E-state index in [0.717, 1.165) is 27.8 Å². The SMILES string of the molecule is CCC1(C(=O)N(CCCSN)Cc2cccc(Cl)c2)CCN1C(=O)c1csc2ccccc12. The third kappa shape index (κ3) is 4.78. The number of thiophene rings is 1. The zero-order chi connectivity index (χ0) is 23.4. The molecule has 4 rings (SSSR count). The summed E-state index contributed by atoms with van der Waals surface area (Å²) in [7, 11) is 0. The van der Waals surface area contributed by atoms with Crippen LogP contribution in [0, 0.1) is 0 Å². The van der Waals surface area contributed by atoms with E-state index in [1.807, 2.05) is 65.7 Å². The van der Waals surface area contributed by atoms with Crippen molar-refractivity contribution in [2.24, 2.45) is 5.14 Å². The van der Waals surface area contributed by atoms with Crippen LogP contribution < -0.4 is 5.14 Å². The number of amides is 2. The predicted molar refractivity (Wildman–Crippen MR) is 139 cm³/mol. The Hall–Kier alpha value is -2.06. The average Bonchev–Trinajstić information content (AvgIpc) is 3.23. The van der Waals surface area contributed by atoms with Gasteiger partial charge < -0.3 is 9.80 Å². The molecule has 0 saturated carbocycles. The number of carbonyl (C=O) groups excluding carboxylic acids is 2. The van der Waals surface area contributed by atoms with Crippen molar-refractivity contribution in [3.05, 3.63) is 70.1 Å². The second-order valence-electron chi connectivity index (χ2n) is 8.32. The van der Waals surface area contributed by atoms with Crippen molar-refractivity contribution in [1.29, 1.82) is 0 Å². The molecule has 1 fully saturated rings. The summed E-state index contributed by atoms with van der Waals surface area (Å²) in [6.07, 6.45) is 2.04. The van der Waals surface area contributed by atoms with E-state index in [4.69, 9.17) is 16.7 Å². The zero-order valence-electron chi connectivity index (χ0n) is 18.6. The molecule has 0 radical (unpaired) electrons. The number of nitrogens with zero attached hydrogens (tertiary/aromatic N) is 2. The Morgan fingerprint density at radius 1 is 1.24 bits per heavy atom. The summed E-state index contributed by atoms with van der Waals surface area (Å²) < 4.78 is 1.08. The molecule has 1 aliphatic heterocycles. The molecule has 1 aliphatic rings. The fourth-order valence-corrected chi connectivity index (χ4v) is 6.00. The summed E-state index contributed by atoms with van der Waals surface area (Å²) in [4.78, 5) is 31.2. The van der Waals surface area contributed by atoms with Gasteiger partial charge in [-0.3, -0.25) is 14.7 Å². The first-order valence-electron chi connectivity index (χ1n) is 11.1. The average molecular weight is 502 g/mol. The van der Waals surface area contributed by atoms with Gasteiger partial charge in [0.15, 0.2) is 0 Å². The maximum Gasteiger partial charge on any atom is 0.256 e. The Bertz CT molecular complexity index is 1150. The number of halogens is 1. The zero-order valence-corrected chi connectivity index (χ0v) is 21.0. The highest BCUT2D eigenvalue weighted by atomic mass is 35.5. The van der Waals surface area contributed by atoms with E-state index in [1.54, 1.807) is 16.2 Å². The Balaban J connectivity index is 1.60. The molecular formula is C25H28ClN3O2S2. The van der Waals surface area contributed by atoms with E-state index in [0.29, 0.717) is 43.1 Å². The van der Waals surface area contributed by atoms with Crippen LogP contribution in [0.25, 0.3) is 10.1 Å². The Morgan fingerprint density at radius 2 is 2.06 bits per heavy atom.